The van der Waals surface area contributed by atoms with Crippen LogP contribution in [-0.2, 0) is 4.74 Å². The van der Waals surface area contributed by atoms with Crippen molar-refractivity contribution in [3.05, 3.63) is 29.6 Å². The van der Waals surface area contributed by atoms with Crippen LogP contribution < -0.4 is 5.32 Å². The minimum absolute atomic E-state index is 0.0487. The zero-order valence-electron chi connectivity index (χ0n) is 12.0. The van der Waals surface area contributed by atoms with Crippen LogP contribution in [0, 0.1) is 17.8 Å². The lowest BCUT2D eigenvalue weighted by Crippen LogP contribution is -2.32. The average molecular weight is 288 g/mol. The number of pyridine rings is 1. The van der Waals surface area contributed by atoms with E-state index in [2.05, 4.69) is 22.1 Å². The van der Waals surface area contributed by atoms with Gasteiger partial charge in [0, 0.05) is 37.9 Å². The van der Waals surface area contributed by atoms with E-state index in [-0.39, 0.29) is 12.5 Å². The Labute approximate surface area is 124 Å². The molecular weight excluding hydrogens is 268 g/mol. The predicted molar refractivity (Wildman–Crippen MR) is 78.7 cm³/mol. The summed E-state index contributed by atoms with van der Waals surface area (Å²) in [6, 6.07) is 3.43. The van der Waals surface area contributed by atoms with Crippen molar-refractivity contribution >= 4 is 5.91 Å². The SMILES string of the molecule is O=C(NCC1CCOCC1)c1ccc(C#CCCO)cn1. The number of carbonyl (C=O) groups excluding carboxylic acids is 1. The number of aliphatic hydroxyl groups is 1. The number of hydrogen-bond donors (Lipinski definition) is 2. The van der Waals surface area contributed by atoms with Crippen molar-refractivity contribution in [3.63, 3.8) is 0 Å². The predicted octanol–water partition coefficient (Wildman–Crippen LogP) is 0.972. The quantitative estimate of drug-likeness (QED) is 0.810. The Balaban J connectivity index is 1.83. The van der Waals surface area contributed by atoms with Gasteiger partial charge in [-0.2, -0.15) is 0 Å². The monoisotopic (exact) mass is 288 g/mol. The third kappa shape index (κ3) is 5.18. The van der Waals surface area contributed by atoms with Gasteiger partial charge in [-0.1, -0.05) is 11.8 Å². The van der Waals surface area contributed by atoms with Crippen LogP contribution in [0.3, 0.4) is 0 Å². The Morgan fingerprint density at radius 3 is 2.90 bits per heavy atom. The molecule has 0 bridgehead atoms. The molecule has 21 heavy (non-hydrogen) atoms. The summed E-state index contributed by atoms with van der Waals surface area (Å²) < 4.78 is 5.29. The maximum absolute atomic E-state index is 12.0. The second-order valence-corrected chi connectivity index (χ2v) is 4.97. The lowest BCUT2D eigenvalue weighted by atomic mass is 10.0. The molecular formula is C16H20N2O3. The molecule has 1 amide bonds. The number of aliphatic hydroxyl groups excluding tert-OH is 1. The molecule has 2 heterocycles. The summed E-state index contributed by atoms with van der Waals surface area (Å²) in [6.07, 6.45) is 4.00. The van der Waals surface area contributed by atoms with Crippen molar-refractivity contribution in [2.24, 2.45) is 5.92 Å². The Kier molecular flexibility index (Phi) is 6.20. The van der Waals surface area contributed by atoms with E-state index in [1.807, 2.05) is 0 Å². The van der Waals surface area contributed by atoms with E-state index in [1.165, 1.54) is 0 Å². The first kappa shape index (κ1) is 15.5. The van der Waals surface area contributed by atoms with E-state index < -0.39 is 0 Å². The number of rotatable bonds is 4. The van der Waals surface area contributed by atoms with Gasteiger partial charge in [-0.25, -0.2) is 4.98 Å². The van der Waals surface area contributed by atoms with Crippen LogP contribution in [0.5, 0.6) is 0 Å². The van der Waals surface area contributed by atoms with Crippen molar-refractivity contribution in [2.75, 3.05) is 26.4 Å². The summed E-state index contributed by atoms with van der Waals surface area (Å²) in [5.41, 5.74) is 1.14. The number of amides is 1. The van der Waals surface area contributed by atoms with E-state index in [0.29, 0.717) is 24.6 Å². The molecule has 2 rings (SSSR count). The number of carbonyl (C=O) groups is 1. The van der Waals surface area contributed by atoms with Gasteiger partial charge in [0.15, 0.2) is 0 Å². The highest BCUT2D eigenvalue weighted by atomic mass is 16.5. The summed E-state index contributed by atoms with van der Waals surface area (Å²) in [5, 5.41) is 11.6. The van der Waals surface area contributed by atoms with Crippen molar-refractivity contribution in [1.82, 2.24) is 10.3 Å². The van der Waals surface area contributed by atoms with Crippen molar-refractivity contribution in [1.29, 1.82) is 0 Å². The van der Waals surface area contributed by atoms with E-state index in [1.54, 1.807) is 18.3 Å². The average Bonchev–Trinajstić information content (AvgIpc) is 2.54. The third-order valence-corrected chi connectivity index (χ3v) is 3.36. The van der Waals surface area contributed by atoms with Crippen LogP contribution >= 0.6 is 0 Å². The molecule has 0 aromatic carbocycles. The fourth-order valence-electron chi connectivity index (χ4n) is 2.10. The van der Waals surface area contributed by atoms with Gasteiger partial charge in [0.25, 0.3) is 5.91 Å². The van der Waals surface area contributed by atoms with Gasteiger partial charge in [-0.15, -0.1) is 0 Å². The maximum Gasteiger partial charge on any atom is 0.269 e. The molecule has 1 aromatic rings. The first-order valence-corrected chi connectivity index (χ1v) is 7.21. The second kappa shape index (κ2) is 8.40. The van der Waals surface area contributed by atoms with Crippen LogP contribution in [-0.4, -0.2) is 42.4 Å². The van der Waals surface area contributed by atoms with Gasteiger partial charge < -0.3 is 15.2 Å². The molecule has 5 nitrogen and oxygen atoms in total. The molecule has 5 heteroatoms. The molecule has 0 unspecified atom stereocenters. The maximum atomic E-state index is 12.0. The van der Waals surface area contributed by atoms with Gasteiger partial charge in [-0.05, 0) is 30.9 Å². The van der Waals surface area contributed by atoms with E-state index in [0.717, 1.165) is 31.6 Å². The third-order valence-electron chi connectivity index (χ3n) is 3.36. The summed E-state index contributed by atoms with van der Waals surface area (Å²) in [5.74, 6) is 6.03. The molecule has 1 aromatic heterocycles. The number of aromatic nitrogens is 1. The largest absolute Gasteiger partial charge is 0.395 e. The van der Waals surface area contributed by atoms with Crippen LogP contribution in [0.2, 0.25) is 0 Å². The fraction of sp³-hybridized carbons (Fsp3) is 0.500. The number of hydrogen-bond acceptors (Lipinski definition) is 4. The number of ether oxygens (including phenoxy) is 1. The van der Waals surface area contributed by atoms with Crippen LogP contribution in [0.1, 0.15) is 35.3 Å². The highest BCUT2D eigenvalue weighted by Gasteiger charge is 2.15. The first-order chi connectivity index (χ1) is 10.3. The summed E-state index contributed by atoms with van der Waals surface area (Å²) in [7, 11) is 0. The minimum atomic E-state index is -0.156. The van der Waals surface area contributed by atoms with Gasteiger partial charge in [-0.3, -0.25) is 4.79 Å². The van der Waals surface area contributed by atoms with Crippen molar-refractivity contribution < 1.29 is 14.6 Å². The second-order valence-electron chi connectivity index (χ2n) is 4.97. The molecule has 1 aliphatic heterocycles. The molecule has 0 saturated carbocycles. The standard InChI is InChI=1S/C16H20N2O3/c19-8-2-1-3-13-4-5-15(17-11-13)16(20)18-12-14-6-9-21-10-7-14/h4-5,11,14,19H,2,6-10,12H2,(H,18,20). The van der Waals surface area contributed by atoms with E-state index >= 15 is 0 Å². The minimum Gasteiger partial charge on any atom is -0.395 e. The molecule has 0 aliphatic carbocycles. The lowest BCUT2D eigenvalue weighted by Gasteiger charge is -2.22. The lowest BCUT2D eigenvalue weighted by molar-refractivity contribution is 0.0642. The van der Waals surface area contributed by atoms with Gasteiger partial charge in [0.1, 0.15) is 5.69 Å². The zero-order valence-corrected chi connectivity index (χ0v) is 12.0. The summed E-state index contributed by atoms with van der Waals surface area (Å²) in [6.45, 7) is 2.27. The topological polar surface area (TPSA) is 71.5 Å². The van der Waals surface area contributed by atoms with E-state index in [4.69, 9.17) is 9.84 Å². The summed E-state index contributed by atoms with van der Waals surface area (Å²) in [4.78, 5) is 16.1. The molecule has 112 valence electrons. The van der Waals surface area contributed by atoms with Gasteiger partial charge in [0.2, 0.25) is 0 Å². The van der Waals surface area contributed by atoms with Crippen molar-refractivity contribution in [2.45, 2.75) is 19.3 Å². The first-order valence-electron chi connectivity index (χ1n) is 7.21. The van der Waals surface area contributed by atoms with Crippen LogP contribution in [0.4, 0.5) is 0 Å². The Morgan fingerprint density at radius 1 is 1.43 bits per heavy atom. The fourth-order valence-corrected chi connectivity index (χ4v) is 2.10. The van der Waals surface area contributed by atoms with Crippen LogP contribution in [0.15, 0.2) is 18.3 Å². The number of nitrogens with zero attached hydrogens (tertiary/aromatic N) is 1. The van der Waals surface area contributed by atoms with Crippen molar-refractivity contribution in [3.8, 4) is 11.8 Å². The normalized spacial score (nSPS) is 15.1. The van der Waals surface area contributed by atoms with Gasteiger partial charge in [0.05, 0.1) is 6.61 Å². The van der Waals surface area contributed by atoms with Gasteiger partial charge >= 0.3 is 0 Å². The molecule has 0 radical (unpaired) electrons. The molecule has 1 aliphatic rings. The molecule has 1 fully saturated rings. The zero-order chi connectivity index (χ0) is 14.9. The highest BCUT2D eigenvalue weighted by molar-refractivity contribution is 5.92. The number of nitrogens with one attached hydrogen (secondary N) is 1. The Hall–Kier alpha value is -1.90. The summed E-state index contributed by atoms with van der Waals surface area (Å²) >= 11 is 0. The Bertz CT molecular complexity index is 511. The molecule has 0 spiro atoms. The highest BCUT2D eigenvalue weighted by Crippen LogP contribution is 2.13. The molecule has 1 saturated heterocycles. The molecule has 2 N–H and O–H groups in total. The van der Waals surface area contributed by atoms with E-state index in [9.17, 15) is 4.79 Å². The molecule has 0 atom stereocenters. The smallest absolute Gasteiger partial charge is 0.269 e. The Morgan fingerprint density at radius 2 is 2.24 bits per heavy atom. The van der Waals surface area contributed by atoms with Crippen LogP contribution in [0.25, 0.3) is 0 Å².